The Morgan fingerprint density at radius 2 is 2.19 bits per heavy atom. The lowest BCUT2D eigenvalue weighted by molar-refractivity contribution is 0.0980. The average molecular weight is 286 g/mol. The molecule has 3 rings (SSSR count). The highest BCUT2D eigenvalue weighted by Gasteiger charge is 2.17. The van der Waals surface area contributed by atoms with Crippen LogP contribution in [-0.4, -0.2) is 30.4 Å². The molecule has 0 bridgehead atoms. The van der Waals surface area contributed by atoms with E-state index >= 15 is 0 Å². The lowest BCUT2D eigenvalue weighted by Gasteiger charge is -2.11. The molecule has 3 nitrogen and oxygen atoms in total. The Balaban J connectivity index is 1.76. The summed E-state index contributed by atoms with van der Waals surface area (Å²) < 4.78 is 8.18. The van der Waals surface area contributed by atoms with Crippen molar-refractivity contribution in [3.63, 3.8) is 0 Å². The number of aromatic nitrogens is 1. The molecule has 0 amide bonds. The van der Waals surface area contributed by atoms with Crippen LogP contribution in [0, 0.1) is 0 Å². The molecule has 2 aromatic rings. The van der Waals surface area contributed by atoms with Gasteiger partial charge in [0.25, 0.3) is 0 Å². The van der Waals surface area contributed by atoms with Gasteiger partial charge >= 0.3 is 0 Å². The second kappa shape index (κ2) is 7.10. The van der Waals surface area contributed by atoms with Crippen LogP contribution < -0.4 is 5.32 Å². The first kappa shape index (κ1) is 14.6. The summed E-state index contributed by atoms with van der Waals surface area (Å²) >= 11 is 0. The van der Waals surface area contributed by atoms with Gasteiger partial charge in [0, 0.05) is 30.3 Å². The molecule has 0 radical (unpaired) electrons. The molecule has 1 N–H and O–H groups in total. The first-order valence-electron chi connectivity index (χ1n) is 8.27. The Morgan fingerprint density at radius 1 is 1.29 bits per heavy atom. The predicted molar refractivity (Wildman–Crippen MR) is 87.8 cm³/mol. The second-order valence-corrected chi connectivity index (χ2v) is 5.96. The Hall–Kier alpha value is -1.32. The van der Waals surface area contributed by atoms with Gasteiger partial charge in [0.2, 0.25) is 0 Å². The lowest BCUT2D eigenvalue weighted by atomic mass is 10.1. The number of fused-ring (bicyclic) bond motifs is 1. The fourth-order valence-electron chi connectivity index (χ4n) is 3.21. The molecule has 3 heteroatoms. The van der Waals surface area contributed by atoms with Gasteiger partial charge in [0.1, 0.15) is 0 Å². The van der Waals surface area contributed by atoms with E-state index in [0.717, 1.165) is 32.7 Å². The molecular formula is C18H26N2O. The summed E-state index contributed by atoms with van der Waals surface area (Å²) in [6.07, 6.45) is 7.42. The molecule has 1 aliphatic rings. The molecule has 1 unspecified atom stereocenters. The van der Waals surface area contributed by atoms with Crippen molar-refractivity contribution in [3.8, 4) is 0 Å². The molecule has 1 atom stereocenters. The molecule has 1 fully saturated rings. The van der Waals surface area contributed by atoms with Gasteiger partial charge < -0.3 is 14.6 Å². The van der Waals surface area contributed by atoms with E-state index in [0.29, 0.717) is 6.10 Å². The number of nitrogens with one attached hydrogen (secondary N) is 1. The minimum atomic E-state index is 0.395. The number of hydrogen-bond donors (Lipinski definition) is 1. The Labute approximate surface area is 127 Å². The molecular weight excluding hydrogens is 260 g/mol. The van der Waals surface area contributed by atoms with E-state index in [1.165, 1.54) is 35.7 Å². The third-order valence-electron chi connectivity index (χ3n) is 4.29. The van der Waals surface area contributed by atoms with Crippen molar-refractivity contribution in [3.05, 3.63) is 36.0 Å². The fourth-order valence-corrected chi connectivity index (χ4v) is 3.21. The van der Waals surface area contributed by atoms with Crippen LogP contribution in [0.5, 0.6) is 0 Å². The fraction of sp³-hybridized carbons (Fsp3) is 0.556. The zero-order valence-electron chi connectivity index (χ0n) is 13.0. The van der Waals surface area contributed by atoms with Crippen LogP contribution in [0.3, 0.4) is 0 Å². The van der Waals surface area contributed by atoms with Crippen LogP contribution in [0.1, 0.15) is 31.7 Å². The SMILES string of the molecule is CCCNCCc1cn(CC2CCCO2)c2ccccc12. The summed E-state index contributed by atoms with van der Waals surface area (Å²) in [7, 11) is 0. The molecule has 1 saturated heterocycles. The number of rotatable bonds is 7. The summed E-state index contributed by atoms with van der Waals surface area (Å²) in [5.74, 6) is 0. The van der Waals surface area contributed by atoms with Crippen LogP contribution >= 0.6 is 0 Å². The van der Waals surface area contributed by atoms with Crippen molar-refractivity contribution < 1.29 is 4.74 Å². The lowest BCUT2D eigenvalue weighted by Crippen LogP contribution is -2.17. The van der Waals surface area contributed by atoms with E-state index in [9.17, 15) is 0 Å². The van der Waals surface area contributed by atoms with E-state index in [2.05, 4.69) is 47.3 Å². The van der Waals surface area contributed by atoms with Gasteiger partial charge in [-0.2, -0.15) is 0 Å². The van der Waals surface area contributed by atoms with E-state index in [4.69, 9.17) is 4.74 Å². The summed E-state index contributed by atoms with van der Waals surface area (Å²) in [6.45, 7) is 6.29. The summed E-state index contributed by atoms with van der Waals surface area (Å²) in [5, 5.41) is 4.89. The van der Waals surface area contributed by atoms with Gasteiger partial charge in [0.15, 0.2) is 0 Å². The first-order chi connectivity index (χ1) is 10.4. The average Bonchev–Trinajstić information content (AvgIpc) is 3.13. The zero-order valence-corrected chi connectivity index (χ0v) is 13.0. The predicted octanol–water partition coefficient (Wildman–Crippen LogP) is 3.36. The highest BCUT2D eigenvalue weighted by atomic mass is 16.5. The topological polar surface area (TPSA) is 26.2 Å². The van der Waals surface area contributed by atoms with Crippen LogP contribution in [-0.2, 0) is 17.7 Å². The summed E-state index contributed by atoms with van der Waals surface area (Å²) in [6, 6.07) is 8.75. The van der Waals surface area contributed by atoms with E-state index in [1.54, 1.807) is 0 Å². The molecule has 1 aliphatic heterocycles. The zero-order chi connectivity index (χ0) is 14.5. The van der Waals surface area contributed by atoms with Gasteiger partial charge in [-0.3, -0.25) is 0 Å². The maximum absolute atomic E-state index is 5.79. The Bertz CT molecular complexity index is 570. The Morgan fingerprint density at radius 3 is 3.00 bits per heavy atom. The molecule has 0 aliphatic carbocycles. The number of benzene rings is 1. The number of para-hydroxylation sites is 1. The smallest absolute Gasteiger partial charge is 0.0754 e. The van der Waals surface area contributed by atoms with E-state index in [-0.39, 0.29) is 0 Å². The van der Waals surface area contributed by atoms with E-state index < -0.39 is 0 Å². The normalized spacial score (nSPS) is 18.6. The second-order valence-electron chi connectivity index (χ2n) is 5.96. The quantitative estimate of drug-likeness (QED) is 0.790. The van der Waals surface area contributed by atoms with Gasteiger partial charge in [-0.25, -0.2) is 0 Å². The number of nitrogens with zero attached hydrogens (tertiary/aromatic N) is 1. The first-order valence-corrected chi connectivity index (χ1v) is 8.27. The van der Waals surface area contributed by atoms with E-state index in [1.807, 2.05) is 0 Å². The van der Waals surface area contributed by atoms with Crippen LogP contribution in [0.25, 0.3) is 10.9 Å². The van der Waals surface area contributed by atoms with Crippen LogP contribution in [0.4, 0.5) is 0 Å². The number of ether oxygens (including phenoxy) is 1. The molecule has 114 valence electrons. The molecule has 0 spiro atoms. The molecule has 2 heterocycles. The number of hydrogen-bond acceptors (Lipinski definition) is 2. The standard InChI is InChI=1S/C18H26N2O/c1-2-10-19-11-9-15-13-20(14-16-6-5-12-21-16)18-8-4-3-7-17(15)18/h3-4,7-8,13,16,19H,2,5-6,9-12,14H2,1H3. The maximum atomic E-state index is 5.79. The summed E-state index contributed by atoms with van der Waals surface area (Å²) in [5.41, 5.74) is 2.80. The maximum Gasteiger partial charge on any atom is 0.0754 e. The van der Waals surface area contributed by atoms with Crippen molar-refractivity contribution in [2.24, 2.45) is 0 Å². The van der Waals surface area contributed by atoms with Crippen LogP contribution in [0.2, 0.25) is 0 Å². The molecule has 21 heavy (non-hydrogen) atoms. The van der Waals surface area contributed by atoms with Crippen LogP contribution in [0.15, 0.2) is 30.5 Å². The minimum absolute atomic E-state index is 0.395. The monoisotopic (exact) mass is 286 g/mol. The minimum Gasteiger partial charge on any atom is -0.376 e. The highest BCUT2D eigenvalue weighted by molar-refractivity contribution is 5.84. The van der Waals surface area contributed by atoms with Crippen molar-refractivity contribution in [1.29, 1.82) is 0 Å². The Kier molecular flexibility index (Phi) is 4.94. The van der Waals surface area contributed by atoms with Gasteiger partial charge in [-0.1, -0.05) is 25.1 Å². The molecule has 0 saturated carbocycles. The summed E-state index contributed by atoms with van der Waals surface area (Å²) in [4.78, 5) is 0. The third kappa shape index (κ3) is 3.47. The van der Waals surface area contributed by atoms with Gasteiger partial charge in [0.05, 0.1) is 6.10 Å². The molecule has 1 aromatic heterocycles. The van der Waals surface area contributed by atoms with Crippen molar-refractivity contribution >= 4 is 10.9 Å². The van der Waals surface area contributed by atoms with Crippen molar-refractivity contribution in [2.45, 2.75) is 45.3 Å². The largest absolute Gasteiger partial charge is 0.376 e. The third-order valence-corrected chi connectivity index (χ3v) is 4.29. The van der Waals surface area contributed by atoms with Crippen molar-refractivity contribution in [1.82, 2.24) is 9.88 Å². The van der Waals surface area contributed by atoms with Gasteiger partial charge in [-0.05, 0) is 50.4 Å². The highest BCUT2D eigenvalue weighted by Crippen LogP contribution is 2.24. The molecule has 1 aromatic carbocycles. The van der Waals surface area contributed by atoms with Gasteiger partial charge in [-0.15, -0.1) is 0 Å². The van der Waals surface area contributed by atoms with Crippen molar-refractivity contribution in [2.75, 3.05) is 19.7 Å².